The van der Waals surface area contributed by atoms with Gasteiger partial charge in [0.05, 0.1) is 13.3 Å². The molecule has 27 heavy (non-hydrogen) atoms. The van der Waals surface area contributed by atoms with Crippen molar-refractivity contribution in [2.45, 2.75) is 50.9 Å². The lowest BCUT2D eigenvalue weighted by molar-refractivity contribution is -0.00879. The number of aryl methyl sites for hydroxylation is 1. The first kappa shape index (κ1) is 17.3. The minimum atomic E-state index is 0.524. The standard InChI is InChI=1S/C22H30N4O/c1-3-26-14-16(12-23-26)13-25-15-19(18-6-4-5-7-20(18)27-2)22-21(25)17-8-10-24(22)11-9-17/h4-7,12,14,17,19,21-22H,3,8-11,13,15H2,1-2H3/t19-,21+,22+/m0/s1. The summed E-state index contributed by atoms with van der Waals surface area (Å²) in [5.41, 5.74) is 2.72. The van der Waals surface area contributed by atoms with Gasteiger partial charge in [0, 0.05) is 55.0 Å². The average Bonchev–Trinajstić information content (AvgIpc) is 3.35. The highest BCUT2D eigenvalue weighted by Gasteiger charge is 2.53. The van der Waals surface area contributed by atoms with E-state index in [0.717, 1.165) is 31.3 Å². The average molecular weight is 367 g/mol. The van der Waals surface area contributed by atoms with Crippen molar-refractivity contribution in [1.29, 1.82) is 0 Å². The van der Waals surface area contributed by atoms with Crippen molar-refractivity contribution in [3.63, 3.8) is 0 Å². The summed E-state index contributed by atoms with van der Waals surface area (Å²) in [4.78, 5) is 5.51. The normalized spacial score (nSPS) is 32.6. The summed E-state index contributed by atoms with van der Waals surface area (Å²) in [7, 11) is 1.80. The predicted molar refractivity (Wildman–Crippen MR) is 106 cm³/mol. The van der Waals surface area contributed by atoms with Gasteiger partial charge in [-0.25, -0.2) is 0 Å². The number of hydrogen-bond donors (Lipinski definition) is 0. The van der Waals surface area contributed by atoms with Crippen molar-refractivity contribution in [2.24, 2.45) is 5.92 Å². The molecule has 5 heterocycles. The highest BCUT2D eigenvalue weighted by atomic mass is 16.5. The molecule has 0 aliphatic carbocycles. The number of rotatable bonds is 5. The second-order valence-corrected chi connectivity index (χ2v) is 8.34. The summed E-state index contributed by atoms with van der Waals surface area (Å²) < 4.78 is 7.78. The Balaban J connectivity index is 1.48. The van der Waals surface area contributed by atoms with E-state index in [4.69, 9.17) is 4.74 Å². The van der Waals surface area contributed by atoms with Crippen LogP contribution < -0.4 is 4.74 Å². The quantitative estimate of drug-likeness (QED) is 0.815. The van der Waals surface area contributed by atoms with E-state index < -0.39 is 0 Å². The first-order valence-electron chi connectivity index (χ1n) is 10.4. The zero-order valence-corrected chi connectivity index (χ0v) is 16.4. The van der Waals surface area contributed by atoms with E-state index in [1.165, 1.54) is 37.1 Å². The molecule has 1 aromatic heterocycles. The molecule has 2 aromatic rings. The molecule has 5 nitrogen and oxygen atoms in total. The fourth-order valence-electron chi connectivity index (χ4n) is 5.86. The van der Waals surface area contributed by atoms with Crippen LogP contribution in [0.2, 0.25) is 0 Å². The van der Waals surface area contributed by atoms with E-state index in [-0.39, 0.29) is 0 Å². The van der Waals surface area contributed by atoms with Crippen LogP contribution in [0.1, 0.15) is 36.8 Å². The van der Waals surface area contributed by atoms with Crippen LogP contribution in [0.15, 0.2) is 36.7 Å². The van der Waals surface area contributed by atoms with E-state index in [2.05, 4.69) is 58.5 Å². The van der Waals surface area contributed by atoms with Crippen LogP contribution in [-0.4, -0.2) is 58.4 Å². The molecule has 4 aliphatic heterocycles. The molecule has 4 saturated heterocycles. The molecule has 0 N–H and O–H groups in total. The number of nitrogens with zero attached hydrogens (tertiary/aromatic N) is 4. The summed E-state index contributed by atoms with van der Waals surface area (Å²) in [5.74, 6) is 2.40. The lowest BCUT2D eigenvalue weighted by atomic mass is 9.75. The van der Waals surface area contributed by atoms with Gasteiger partial charge < -0.3 is 4.74 Å². The van der Waals surface area contributed by atoms with Crippen molar-refractivity contribution in [3.8, 4) is 5.75 Å². The van der Waals surface area contributed by atoms with E-state index in [1.54, 1.807) is 7.11 Å². The van der Waals surface area contributed by atoms with Crippen molar-refractivity contribution in [2.75, 3.05) is 26.7 Å². The lowest BCUT2D eigenvalue weighted by Gasteiger charge is -2.51. The molecular formula is C22H30N4O. The summed E-state index contributed by atoms with van der Waals surface area (Å²) in [6, 6.07) is 9.93. The van der Waals surface area contributed by atoms with Gasteiger partial charge in [-0.05, 0) is 44.8 Å². The molecule has 0 unspecified atom stereocenters. The van der Waals surface area contributed by atoms with Gasteiger partial charge in [-0.1, -0.05) is 18.2 Å². The Bertz CT molecular complexity index is 795. The maximum absolute atomic E-state index is 5.74. The fraction of sp³-hybridized carbons (Fsp3) is 0.591. The second kappa shape index (κ2) is 6.95. The maximum atomic E-state index is 5.74. The molecule has 1 aromatic carbocycles. The Labute approximate surface area is 161 Å². The summed E-state index contributed by atoms with van der Waals surface area (Å²) in [6.45, 7) is 7.73. The third kappa shape index (κ3) is 2.88. The second-order valence-electron chi connectivity index (χ2n) is 8.34. The van der Waals surface area contributed by atoms with Gasteiger partial charge in [-0.2, -0.15) is 5.10 Å². The molecule has 6 rings (SSSR count). The molecule has 2 bridgehead atoms. The lowest BCUT2D eigenvalue weighted by Crippen LogP contribution is -2.59. The van der Waals surface area contributed by atoms with Crippen LogP contribution in [0.4, 0.5) is 0 Å². The SMILES string of the molecule is CCn1cc(CN2C[C@@H](c3ccccc3OC)[C@@H]3[C@H]2C2CCN3CC2)cn1. The van der Waals surface area contributed by atoms with Crippen molar-refractivity contribution in [1.82, 2.24) is 19.6 Å². The number of benzene rings is 1. The van der Waals surface area contributed by atoms with Crippen molar-refractivity contribution >= 4 is 0 Å². The first-order valence-corrected chi connectivity index (χ1v) is 10.4. The Morgan fingerprint density at radius 2 is 1.96 bits per heavy atom. The minimum Gasteiger partial charge on any atom is -0.496 e. The molecule has 0 radical (unpaired) electrons. The van der Waals surface area contributed by atoms with Gasteiger partial charge in [0.1, 0.15) is 5.75 Å². The monoisotopic (exact) mass is 366 g/mol. The predicted octanol–water partition coefficient (Wildman–Crippen LogP) is 2.97. The van der Waals surface area contributed by atoms with E-state index >= 15 is 0 Å². The van der Waals surface area contributed by atoms with Crippen LogP contribution in [0.3, 0.4) is 0 Å². The Hall–Kier alpha value is -1.85. The van der Waals surface area contributed by atoms with Gasteiger partial charge in [0.25, 0.3) is 0 Å². The molecule has 4 fully saturated rings. The number of aromatic nitrogens is 2. The number of para-hydroxylation sites is 1. The van der Waals surface area contributed by atoms with E-state index in [0.29, 0.717) is 18.0 Å². The van der Waals surface area contributed by atoms with Gasteiger partial charge in [0.15, 0.2) is 0 Å². The number of fused-ring (bicyclic) bond motifs is 2. The molecule has 144 valence electrons. The third-order valence-corrected chi connectivity index (χ3v) is 7.03. The first-order chi connectivity index (χ1) is 13.3. The van der Waals surface area contributed by atoms with Gasteiger partial charge in [0.2, 0.25) is 0 Å². The summed E-state index contributed by atoms with van der Waals surface area (Å²) in [5, 5.41) is 4.49. The van der Waals surface area contributed by atoms with Crippen LogP contribution in [0.5, 0.6) is 5.75 Å². The topological polar surface area (TPSA) is 33.5 Å². The molecule has 0 spiro atoms. The number of ether oxygens (including phenoxy) is 1. The highest BCUT2D eigenvalue weighted by Crippen LogP contribution is 2.48. The zero-order chi connectivity index (χ0) is 18.4. The Morgan fingerprint density at radius 3 is 2.70 bits per heavy atom. The molecular weight excluding hydrogens is 336 g/mol. The highest BCUT2D eigenvalue weighted by molar-refractivity contribution is 5.39. The smallest absolute Gasteiger partial charge is 0.122 e. The summed E-state index contributed by atoms with van der Waals surface area (Å²) in [6.07, 6.45) is 6.97. The molecule has 0 saturated carbocycles. The van der Waals surface area contributed by atoms with Crippen molar-refractivity contribution in [3.05, 3.63) is 47.8 Å². The largest absolute Gasteiger partial charge is 0.496 e. The number of piperidine rings is 3. The van der Waals surface area contributed by atoms with Crippen LogP contribution in [0.25, 0.3) is 0 Å². The Kier molecular flexibility index (Phi) is 4.44. The molecule has 4 aliphatic rings. The maximum Gasteiger partial charge on any atom is 0.122 e. The van der Waals surface area contributed by atoms with Gasteiger partial charge >= 0.3 is 0 Å². The van der Waals surface area contributed by atoms with Crippen LogP contribution >= 0.6 is 0 Å². The summed E-state index contributed by atoms with van der Waals surface area (Å²) >= 11 is 0. The van der Waals surface area contributed by atoms with Gasteiger partial charge in [-0.15, -0.1) is 0 Å². The van der Waals surface area contributed by atoms with Gasteiger partial charge in [-0.3, -0.25) is 14.5 Å². The van der Waals surface area contributed by atoms with Crippen LogP contribution in [-0.2, 0) is 13.1 Å². The van der Waals surface area contributed by atoms with Crippen LogP contribution in [0, 0.1) is 5.92 Å². The molecule has 0 amide bonds. The minimum absolute atomic E-state index is 0.524. The zero-order valence-electron chi connectivity index (χ0n) is 16.4. The molecule has 3 atom stereocenters. The third-order valence-electron chi connectivity index (χ3n) is 7.03. The number of methoxy groups -OCH3 is 1. The fourth-order valence-corrected chi connectivity index (χ4v) is 5.86. The van der Waals surface area contributed by atoms with E-state index in [1.807, 2.05) is 4.68 Å². The molecule has 5 heteroatoms. The van der Waals surface area contributed by atoms with Crippen molar-refractivity contribution < 1.29 is 4.74 Å². The Morgan fingerprint density at radius 1 is 1.15 bits per heavy atom. The van der Waals surface area contributed by atoms with E-state index in [9.17, 15) is 0 Å². The number of likely N-dealkylation sites (tertiary alicyclic amines) is 1. The number of hydrogen-bond acceptors (Lipinski definition) is 4.